The second kappa shape index (κ2) is 8.89. The second-order valence-electron chi connectivity index (χ2n) is 7.73. The molecule has 4 rings (SSSR count). The third-order valence-electron chi connectivity index (χ3n) is 5.68. The summed E-state index contributed by atoms with van der Waals surface area (Å²) in [6.45, 7) is 7.63. The molecule has 1 fully saturated rings. The van der Waals surface area contributed by atoms with Crippen LogP contribution in [0, 0.1) is 12.7 Å². The number of carbonyl (C=O) groups excluding carboxylic acids is 1. The average molecular weight is 423 g/mol. The third kappa shape index (κ3) is 4.61. The van der Waals surface area contributed by atoms with Crippen LogP contribution in [0.4, 0.5) is 10.1 Å². The lowest BCUT2D eigenvalue weighted by atomic mass is 10.1. The van der Waals surface area contributed by atoms with E-state index < -0.39 is 5.82 Å². The third-order valence-corrected chi connectivity index (χ3v) is 5.68. The maximum atomic E-state index is 14.4. The minimum Gasteiger partial charge on any atom is -0.497 e. The van der Waals surface area contributed by atoms with Gasteiger partial charge in [0.1, 0.15) is 17.3 Å². The number of oxazole rings is 1. The molecule has 31 heavy (non-hydrogen) atoms. The molecule has 0 bridgehead atoms. The van der Waals surface area contributed by atoms with Gasteiger partial charge in [-0.2, -0.15) is 0 Å². The number of piperazine rings is 1. The van der Waals surface area contributed by atoms with E-state index in [2.05, 4.69) is 14.8 Å². The van der Waals surface area contributed by atoms with Gasteiger partial charge in [0.2, 0.25) is 5.89 Å². The van der Waals surface area contributed by atoms with Gasteiger partial charge in [-0.25, -0.2) is 9.37 Å². The first kappa shape index (κ1) is 21.1. The van der Waals surface area contributed by atoms with Gasteiger partial charge in [-0.05, 0) is 50.2 Å². The molecule has 6 nitrogen and oxygen atoms in total. The summed E-state index contributed by atoms with van der Waals surface area (Å²) in [6, 6.07) is 12.4. The van der Waals surface area contributed by atoms with Gasteiger partial charge in [-0.3, -0.25) is 9.69 Å². The molecule has 0 amide bonds. The molecule has 0 radical (unpaired) electrons. The van der Waals surface area contributed by atoms with Crippen molar-refractivity contribution in [2.45, 2.75) is 20.4 Å². The number of aromatic nitrogens is 1. The molecule has 0 atom stereocenters. The number of rotatable bonds is 6. The number of hydrogen-bond donors (Lipinski definition) is 0. The number of benzene rings is 2. The Morgan fingerprint density at radius 2 is 1.84 bits per heavy atom. The van der Waals surface area contributed by atoms with Crippen LogP contribution in [0.2, 0.25) is 0 Å². The lowest BCUT2D eigenvalue weighted by molar-refractivity contribution is 0.101. The zero-order chi connectivity index (χ0) is 22.0. The van der Waals surface area contributed by atoms with E-state index in [1.54, 1.807) is 19.1 Å². The number of Topliss-reactive ketones (excluding diaryl/α,β-unsaturated/α-hetero) is 1. The summed E-state index contributed by atoms with van der Waals surface area (Å²) in [4.78, 5) is 20.6. The van der Waals surface area contributed by atoms with Crippen LogP contribution in [0.25, 0.3) is 11.5 Å². The number of aryl methyl sites for hydroxylation is 1. The number of halogens is 1. The summed E-state index contributed by atoms with van der Waals surface area (Å²) >= 11 is 0. The molecule has 7 heteroatoms. The zero-order valence-electron chi connectivity index (χ0n) is 18.0. The molecule has 0 spiro atoms. The summed E-state index contributed by atoms with van der Waals surface area (Å²) in [7, 11) is 1.50. The lowest BCUT2D eigenvalue weighted by Gasteiger charge is -2.35. The summed E-state index contributed by atoms with van der Waals surface area (Å²) in [5.41, 5.74) is 3.01. The molecule has 0 aliphatic carbocycles. The normalized spacial score (nSPS) is 14.6. The van der Waals surface area contributed by atoms with Crippen LogP contribution >= 0.6 is 0 Å². The van der Waals surface area contributed by atoms with E-state index in [4.69, 9.17) is 9.15 Å². The van der Waals surface area contributed by atoms with Crippen molar-refractivity contribution in [2.24, 2.45) is 0 Å². The number of carbonyl (C=O) groups is 1. The number of hydrogen-bond acceptors (Lipinski definition) is 6. The fourth-order valence-corrected chi connectivity index (χ4v) is 3.77. The average Bonchev–Trinajstić information content (AvgIpc) is 3.14. The van der Waals surface area contributed by atoms with Crippen molar-refractivity contribution in [1.29, 1.82) is 0 Å². The molecule has 1 aliphatic rings. The highest BCUT2D eigenvalue weighted by Gasteiger charge is 2.21. The van der Waals surface area contributed by atoms with Gasteiger partial charge < -0.3 is 14.1 Å². The molecule has 162 valence electrons. The lowest BCUT2D eigenvalue weighted by Crippen LogP contribution is -2.46. The molecule has 0 N–H and O–H groups in total. The van der Waals surface area contributed by atoms with E-state index in [-0.39, 0.29) is 11.7 Å². The summed E-state index contributed by atoms with van der Waals surface area (Å²) in [6.07, 6.45) is 0. The molecule has 0 unspecified atom stereocenters. The van der Waals surface area contributed by atoms with Gasteiger partial charge in [0.25, 0.3) is 0 Å². The SMILES string of the molecule is COc1ccc(-c2nc(CN3CCN(c4ccc(C(C)=O)cc4)CC3)c(C)o2)c(F)c1. The highest BCUT2D eigenvalue weighted by molar-refractivity contribution is 5.94. The van der Waals surface area contributed by atoms with Crippen LogP contribution in [0.1, 0.15) is 28.7 Å². The Morgan fingerprint density at radius 1 is 1.13 bits per heavy atom. The Bertz CT molecular complexity index is 1070. The smallest absolute Gasteiger partial charge is 0.229 e. The number of methoxy groups -OCH3 is 1. The highest BCUT2D eigenvalue weighted by atomic mass is 19.1. The summed E-state index contributed by atoms with van der Waals surface area (Å²) < 4.78 is 25.2. The van der Waals surface area contributed by atoms with E-state index in [0.29, 0.717) is 23.6 Å². The Balaban J connectivity index is 1.39. The Hall–Kier alpha value is -3.19. The molecule has 1 saturated heterocycles. The van der Waals surface area contributed by atoms with Crippen LogP contribution in [0.15, 0.2) is 46.9 Å². The van der Waals surface area contributed by atoms with Gasteiger partial charge in [0, 0.05) is 50.0 Å². The van der Waals surface area contributed by atoms with Crippen molar-refractivity contribution in [3.63, 3.8) is 0 Å². The molecule has 2 aromatic carbocycles. The van der Waals surface area contributed by atoms with Crippen molar-refractivity contribution in [2.75, 3.05) is 38.2 Å². The maximum Gasteiger partial charge on any atom is 0.229 e. The molecular weight excluding hydrogens is 397 g/mol. The van der Waals surface area contributed by atoms with Crippen LogP contribution < -0.4 is 9.64 Å². The van der Waals surface area contributed by atoms with Gasteiger partial charge in [0.05, 0.1) is 18.4 Å². The molecule has 0 saturated carbocycles. The fraction of sp³-hybridized carbons (Fsp3) is 0.333. The van der Waals surface area contributed by atoms with Crippen molar-refractivity contribution in [3.8, 4) is 17.2 Å². The van der Waals surface area contributed by atoms with Gasteiger partial charge in [0.15, 0.2) is 5.78 Å². The van der Waals surface area contributed by atoms with Gasteiger partial charge >= 0.3 is 0 Å². The number of anilines is 1. The van der Waals surface area contributed by atoms with E-state index in [0.717, 1.165) is 43.1 Å². The standard InChI is InChI=1S/C24H26FN3O3/c1-16(29)18-4-6-19(7-5-18)28-12-10-27(11-13-28)15-23-17(2)31-24(26-23)21-9-8-20(30-3)14-22(21)25/h4-9,14H,10-13,15H2,1-3H3. The van der Waals surface area contributed by atoms with Crippen molar-refractivity contribution in [3.05, 3.63) is 65.3 Å². The molecule has 2 heterocycles. The van der Waals surface area contributed by atoms with Crippen molar-refractivity contribution >= 4 is 11.5 Å². The van der Waals surface area contributed by atoms with Crippen LogP contribution in [-0.4, -0.2) is 49.0 Å². The largest absolute Gasteiger partial charge is 0.497 e. The minimum absolute atomic E-state index is 0.0771. The summed E-state index contributed by atoms with van der Waals surface area (Å²) in [5.74, 6) is 1.10. The molecule has 3 aromatic rings. The van der Waals surface area contributed by atoms with Crippen molar-refractivity contribution < 1.29 is 18.3 Å². The predicted molar refractivity (Wildman–Crippen MR) is 117 cm³/mol. The first-order valence-corrected chi connectivity index (χ1v) is 10.3. The minimum atomic E-state index is -0.420. The Kier molecular flexibility index (Phi) is 6.04. The highest BCUT2D eigenvalue weighted by Crippen LogP contribution is 2.28. The zero-order valence-corrected chi connectivity index (χ0v) is 18.0. The predicted octanol–water partition coefficient (Wildman–Crippen LogP) is 4.32. The number of ether oxygens (including phenoxy) is 1. The Labute approximate surface area is 181 Å². The molecule has 1 aromatic heterocycles. The van der Waals surface area contributed by atoms with Gasteiger partial charge in [-0.15, -0.1) is 0 Å². The number of nitrogens with zero attached hydrogens (tertiary/aromatic N) is 3. The van der Waals surface area contributed by atoms with Crippen LogP contribution in [0.3, 0.4) is 0 Å². The topological polar surface area (TPSA) is 58.8 Å². The quantitative estimate of drug-likeness (QED) is 0.551. The van der Waals surface area contributed by atoms with E-state index in [9.17, 15) is 9.18 Å². The van der Waals surface area contributed by atoms with E-state index in [1.165, 1.54) is 13.2 Å². The molecule has 1 aliphatic heterocycles. The first-order chi connectivity index (χ1) is 14.9. The number of ketones is 1. The maximum absolute atomic E-state index is 14.4. The monoisotopic (exact) mass is 423 g/mol. The van der Waals surface area contributed by atoms with Crippen molar-refractivity contribution in [1.82, 2.24) is 9.88 Å². The van der Waals surface area contributed by atoms with Gasteiger partial charge in [-0.1, -0.05) is 0 Å². The first-order valence-electron chi connectivity index (χ1n) is 10.3. The molecular formula is C24H26FN3O3. The van der Waals surface area contributed by atoms with E-state index >= 15 is 0 Å². The van der Waals surface area contributed by atoms with Crippen LogP contribution in [0.5, 0.6) is 5.75 Å². The summed E-state index contributed by atoms with van der Waals surface area (Å²) in [5, 5.41) is 0. The second-order valence-corrected chi connectivity index (χ2v) is 7.73. The Morgan fingerprint density at radius 3 is 2.45 bits per heavy atom. The van der Waals surface area contributed by atoms with Crippen LogP contribution in [-0.2, 0) is 6.54 Å². The van der Waals surface area contributed by atoms with E-state index in [1.807, 2.05) is 31.2 Å². The fourth-order valence-electron chi connectivity index (χ4n) is 3.77.